The minimum Gasteiger partial charge on any atom is -0.480 e. The predicted octanol–water partition coefficient (Wildman–Crippen LogP) is 1.81. The van der Waals surface area contributed by atoms with E-state index in [2.05, 4.69) is 17.2 Å². The van der Waals surface area contributed by atoms with Gasteiger partial charge in [-0.05, 0) is 36.6 Å². The number of aliphatic carboxylic acids is 1. The fraction of sp³-hybridized carbons (Fsp3) is 0.400. The molecule has 1 aromatic carbocycles. The van der Waals surface area contributed by atoms with Crippen LogP contribution in [0.1, 0.15) is 31.0 Å². The van der Waals surface area contributed by atoms with Gasteiger partial charge in [0.1, 0.15) is 0 Å². The number of carbonyl (C=O) groups is 1. The molecule has 0 radical (unpaired) electrons. The summed E-state index contributed by atoms with van der Waals surface area (Å²) in [5.74, 6) is -1.04. The van der Waals surface area contributed by atoms with Crippen molar-refractivity contribution in [3.63, 3.8) is 0 Å². The number of hydroxylamine groups is 1. The third kappa shape index (κ3) is 2.55. The van der Waals surface area contributed by atoms with E-state index >= 15 is 0 Å². The number of benzene rings is 1. The Morgan fingerprint density at radius 1 is 1.45 bits per heavy atom. The van der Waals surface area contributed by atoms with Crippen LogP contribution in [0.25, 0.3) is 5.69 Å². The van der Waals surface area contributed by atoms with Crippen molar-refractivity contribution in [3.05, 3.63) is 35.7 Å². The molecule has 0 fully saturated rings. The van der Waals surface area contributed by atoms with Gasteiger partial charge in [-0.15, -0.1) is 5.10 Å². The Hall–Kier alpha value is -2.41. The molecular weight excluding hydrogens is 284 g/mol. The lowest BCUT2D eigenvalue weighted by Crippen LogP contribution is -2.35. The van der Waals surface area contributed by atoms with Crippen LogP contribution in [0.3, 0.4) is 0 Å². The van der Waals surface area contributed by atoms with Gasteiger partial charge < -0.3 is 5.11 Å². The van der Waals surface area contributed by atoms with Gasteiger partial charge in [0.2, 0.25) is 0 Å². The summed E-state index contributed by atoms with van der Waals surface area (Å²) in [7, 11) is 0. The largest absolute Gasteiger partial charge is 0.480 e. The van der Waals surface area contributed by atoms with E-state index in [1.54, 1.807) is 16.8 Å². The highest BCUT2D eigenvalue weighted by molar-refractivity contribution is 5.81. The summed E-state index contributed by atoms with van der Waals surface area (Å²) < 4.78 is 1.68. The zero-order valence-electron chi connectivity index (χ0n) is 12.3. The van der Waals surface area contributed by atoms with E-state index in [1.165, 1.54) is 0 Å². The smallest absolute Gasteiger partial charge is 0.329 e. The minimum atomic E-state index is -1.04. The van der Waals surface area contributed by atoms with Crippen molar-refractivity contribution in [2.75, 3.05) is 5.06 Å². The first-order valence-electron chi connectivity index (χ1n) is 7.35. The number of unbranched alkanes of at least 4 members (excludes halogenated alkanes) is 1. The normalized spacial score (nSPS) is 16.8. The summed E-state index contributed by atoms with van der Waals surface area (Å²) in [6.07, 6.45) is 5.23. The zero-order chi connectivity index (χ0) is 15.7. The van der Waals surface area contributed by atoms with Crippen LogP contribution in [0.2, 0.25) is 0 Å². The maximum Gasteiger partial charge on any atom is 0.329 e. The highest BCUT2D eigenvalue weighted by Gasteiger charge is 2.34. The van der Waals surface area contributed by atoms with Crippen LogP contribution >= 0.6 is 0 Å². The average Bonchev–Trinajstić information content (AvgIpc) is 3.10. The molecule has 2 heterocycles. The SMILES string of the molecule is CCCCc1cn(-c2ccc3c(c2)CC(C(=O)O)N3O)nn1. The number of anilines is 1. The van der Waals surface area contributed by atoms with Crippen molar-refractivity contribution >= 4 is 11.7 Å². The summed E-state index contributed by atoms with van der Waals surface area (Å²) >= 11 is 0. The third-order valence-electron chi connectivity index (χ3n) is 3.90. The van der Waals surface area contributed by atoms with E-state index in [0.29, 0.717) is 5.69 Å². The first kappa shape index (κ1) is 14.5. The van der Waals surface area contributed by atoms with Gasteiger partial charge in [-0.25, -0.2) is 14.5 Å². The summed E-state index contributed by atoms with van der Waals surface area (Å²) in [4.78, 5) is 11.1. The number of fused-ring (bicyclic) bond motifs is 1. The Balaban J connectivity index is 1.85. The monoisotopic (exact) mass is 302 g/mol. The van der Waals surface area contributed by atoms with E-state index in [9.17, 15) is 10.0 Å². The van der Waals surface area contributed by atoms with Crippen LogP contribution in [-0.2, 0) is 17.6 Å². The summed E-state index contributed by atoms with van der Waals surface area (Å²) in [5, 5.41) is 28.1. The average molecular weight is 302 g/mol. The maximum atomic E-state index is 11.1. The van der Waals surface area contributed by atoms with E-state index < -0.39 is 12.0 Å². The molecule has 0 bridgehead atoms. The maximum absolute atomic E-state index is 11.1. The lowest BCUT2D eigenvalue weighted by Gasteiger charge is -2.15. The molecule has 1 atom stereocenters. The summed E-state index contributed by atoms with van der Waals surface area (Å²) in [5.41, 5.74) is 3.07. The molecule has 0 amide bonds. The van der Waals surface area contributed by atoms with Crippen molar-refractivity contribution in [2.45, 2.75) is 38.6 Å². The van der Waals surface area contributed by atoms with Gasteiger partial charge in [-0.3, -0.25) is 5.21 Å². The van der Waals surface area contributed by atoms with Gasteiger partial charge in [0.15, 0.2) is 6.04 Å². The Labute approximate surface area is 127 Å². The molecular formula is C15H18N4O3. The number of aryl methyl sites for hydroxylation is 1. The molecule has 0 saturated carbocycles. The number of hydrogen-bond acceptors (Lipinski definition) is 5. The van der Waals surface area contributed by atoms with Crippen molar-refractivity contribution in [1.29, 1.82) is 0 Å². The Kier molecular flexibility index (Phi) is 3.81. The Bertz CT molecular complexity index is 698. The van der Waals surface area contributed by atoms with Crippen LogP contribution in [0.15, 0.2) is 24.4 Å². The van der Waals surface area contributed by atoms with Gasteiger partial charge in [-0.2, -0.15) is 0 Å². The number of hydrogen-bond donors (Lipinski definition) is 2. The fourth-order valence-corrected chi connectivity index (χ4v) is 2.65. The summed E-state index contributed by atoms with van der Waals surface area (Å²) in [6.45, 7) is 2.13. The standard InChI is InChI=1S/C15H18N4O3/c1-2-3-4-11-9-18(17-16-11)12-5-6-13-10(7-12)8-14(15(20)21)19(13)22/h5-7,9,14,22H,2-4,8H2,1H3,(H,20,21). The van der Waals surface area contributed by atoms with Gasteiger partial charge in [0.05, 0.1) is 23.3 Å². The van der Waals surface area contributed by atoms with Gasteiger partial charge in [0, 0.05) is 6.42 Å². The molecule has 2 aromatic rings. The van der Waals surface area contributed by atoms with Crippen LogP contribution in [0.4, 0.5) is 5.69 Å². The molecule has 1 aliphatic rings. The molecule has 0 saturated heterocycles. The molecule has 0 spiro atoms. The lowest BCUT2D eigenvalue weighted by atomic mass is 10.1. The van der Waals surface area contributed by atoms with Crippen molar-refractivity contribution in [1.82, 2.24) is 15.0 Å². The van der Waals surface area contributed by atoms with Crippen molar-refractivity contribution in [3.8, 4) is 5.69 Å². The molecule has 3 rings (SSSR count). The van der Waals surface area contributed by atoms with Gasteiger partial charge in [0.25, 0.3) is 0 Å². The van der Waals surface area contributed by atoms with Crippen molar-refractivity contribution < 1.29 is 15.1 Å². The second-order valence-electron chi connectivity index (χ2n) is 5.47. The Morgan fingerprint density at radius 2 is 2.27 bits per heavy atom. The molecule has 1 aliphatic heterocycles. The molecule has 1 aromatic heterocycles. The number of rotatable bonds is 5. The minimum absolute atomic E-state index is 0.270. The van der Waals surface area contributed by atoms with E-state index in [0.717, 1.165) is 41.3 Å². The molecule has 22 heavy (non-hydrogen) atoms. The van der Waals surface area contributed by atoms with Crippen molar-refractivity contribution in [2.24, 2.45) is 0 Å². The molecule has 2 N–H and O–H groups in total. The molecule has 116 valence electrons. The highest BCUT2D eigenvalue weighted by Crippen LogP contribution is 2.32. The number of nitrogens with zero attached hydrogens (tertiary/aromatic N) is 4. The van der Waals surface area contributed by atoms with E-state index in [1.807, 2.05) is 12.3 Å². The van der Waals surface area contributed by atoms with E-state index in [-0.39, 0.29) is 6.42 Å². The van der Waals surface area contributed by atoms with Crippen LogP contribution in [0.5, 0.6) is 0 Å². The fourth-order valence-electron chi connectivity index (χ4n) is 2.65. The number of carboxylic acids is 1. The lowest BCUT2D eigenvalue weighted by molar-refractivity contribution is -0.139. The first-order chi connectivity index (χ1) is 10.6. The second-order valence-corrected chi connectivity index (χ2v) is 5.47. The van der Waals surface area contributed by atoms with E-state index in [4.69, 9.17) is 5.11 Å². The quantitative estimate of drug-likeness (QED) is 0.875. The Morgan fingerprint density at radius 3 is 3.00 bits per heavy atom. The highest BCUT2D eigenvalue weighted by atomic mass is 16.5. The van der Waals surface area contributed by atoms with Crippen LogP contribution in [0, 0.1) is 0 Å². The first-order valence-corrected chi connectivity index (χ1v) is 7.35. The number of aromatic nitrogens is 3. The zero-order valence-corrected chi connectivity index (χ0v) is 12.3. The van der Waals surface area contributed by atoms with Crippen LogP contribution in [-0.4, -0.2) is 37.3 Å². The topological polar surface area (TPSA) is 91.5 Å². The van der Waals surface area contributed by atoms with Gasteiger partial charge in [-0.1, -0.05) is 18.6 Å². The molecule has 7 nitrogen and oxygen atoms in total. The molecule has 0 aliphatic carbocycles. The molecule has 1 unspecified atom stereocenters. The summed E-state index contributed by atoms with van der Waals surface area (Å²) in [6, 6.07) is 4.42. The third-order valence-corrected chi connectivity index (χ3v) is 3.90. The van der Waals surface area contributed by atoms with Gasteiger partial charge >= 0.3 is 5.97 Å². The predicted molar refractivity (Wildman–Crippen MR) is 79.4 cm³/mol. The number of carboxylic acid groups (broad SMARTS) is 1. The second kappa shape index (κ2) is 5.76. The molecule has 7 heteroatoms. The van der Waals surface area contributed by atoms with Crippen LogP contribution < -0.4 is 5.06 Å².